The van der Waals surface area contributed by atoms with Crippen LogP contribution in [0.25, 0.3) is 27.1 Å². The van der Waals surface area contributed by atoms with Gasteiger partial charge in [0.2, 0.25) is 5.91 Å². The fraction of sp³-hybridized carbons (Fsp3) is 0.536. The van der Waals surface area contributed by atoms with E-state index in [9.17, 15) is 4.79 Å². The van der Waals surface area contributed by atoms with Crippen LogP contribution in [0.3, 0.4) is 0 Å². The third-order valence-electron chi connectivity index (χ3n) is 8.21. The zero-order chi connectivity index (χ0) is 25.1. The molecule has 0 saturated carbocycles. The zero-order valence-electron chi connectivity index (χ0n) is 21.9. The van der Waals surface area contributed by atoms with E-state index in [1.165, 1.54) is 31.9 Å². The number of nitrogens with zero attached hydrogens (tertiary/aromatic N) is 4. The van der Waals surface area contributed by atoms with Gasteiger partial charge in [0, 0.05) is 35.1 Å². The fourth-order valence-corrected chi connectivity index (χ4v) is 7.75. The van der Waals surface area contributed by atoms with E-state index in [-0.39, 0.29) is 6.04 Å². The van der Waals surface area contributed by atoms with Crippen LogP contribution in [0.4, 0.5) is 0 Å². The Hall–Kier alpha value is -2.71. The van der Waals surface area contributed by atoms with Gasteiger partial charge in [0.25, 0.3) is 0 Å². The molecule has 0 unspecified atom stereocenters. The number of rotatable bonds is 4. The van der Waals surface area contributed by atoms with Crippen molar-refractivity contribution in [2.24, 2.45) is 5.92 Å². The van der Waals surface area contributed by atoms with Crippen molar-refractivity contribution in [2.75, 3.05) is 19.6 Å². The van der Waals surface area contributed by atoms with Crippen molar-refractivity contribution in [3.8, 4) is 11.3 Å². The molecule has 0 bridgehead atoms. The maximum atomic E-state index is 13.0. The van der Waals surface area contributed by atoms with Gasteiger partial charge < -0.3 is 15.2 Å². The molecule has 2 N–H and O–H groups in total. The maximum absolute atomic E-state index is 13.0. The van der Waals surface area contributed by atoms with E-state index in [1.54, 1.807) is 6.33 Å². The predicted molar refractivity (Wildman–Crippen MR) is 146 cm³/mol. The van der Waals surface area contributed by atoms with Gasteiger partial charge in [-0.2, -0.15) is 5.10 Å². The lowest BCUT2D eigenvalue weighted by Gasteiger charge is -2.33. The largest absolute Gasteiger partial charge is 0.346 e. The van der Waals surface area contributed by atoms with Gasteiger partial charge in [0.15, 0.2) is 5.65 Å². The number of thiophene rings is 1. The predicted octanol–water partition coefficient (Wildman–Crippen LogP) is 5.38. The lowest BCUT2D eigenvalue weighted by molar-refractivity contribution is -0.134. The van der Waals surface area contributed by atoms with Gasteiger partial charge in [-0.3, -0.25) is 4.79 Å². The average Bonchev–Trinajstić information content (AvgIpc) is 3.63. The summed E-state index contributed by atoms with van der Waals surface area (Å²) in [5, 5.41) is 9.19. The van der Waals surface area contributed by atoms with Gasteiger partial charge in [-0.15, -0.1) is 11.3 Å². The lowest BCUT2D eigenvalue weighted by atomic mass is 9.90. The average molecular weight is 505 g/mol. The van der Waals surface area contributed by atoms with Gasteiger partial charge in [-0.1, -0.05) is 20.8 Å². The highest BCUT2D eigenvalue weighted by atomic mass is 32.1. The molecule has 1 amide bonds. The molecule has 2 atom stereocenters. The van der Waals surface area contributed by atoms with Crippen LogP contribution in [0.5, 0.6) is 0 Å². The van der Waals surface area contributed by atoms with Crippen LogP contribution in [0.1, 0.15) is 73.4 Å². The Morgan fingerprint density at radius 2 is 2.00 bits per heavy atom. The summed E-state index contributed by atoms with van der Waals surface area (Å²) >= 11 is 1.92. The number of fused-ring (bicyclic) bond motifs is 2. The summed E-state index contributed by atoms with van der Waals surface area (Å²) in [6, 6.07) is 2.24. The summed E-state index contributed by atoms with van der Waals surface area (Å²) in [6.45, 7) is 13.9. The molecule has 6 heterocycles. The number of pyridine rings is 1. The molecule has 190 valence electrons. The third kappa shape index (κ3) is 3.86. The van der Waals surface area contributed by atoms with Crippen LogP contribution in [0.2, 0.25) is 0 Å². The number of aromatic amines is 1. The molecule has 2 aliphatic rings. The number of nitrogens with one attached hydrogen (secondary N) is 2. The molecule has 0 spiro atoms. The lowest BCUT2D eigenvalue weighted by Crippen LogP contribution is -2.46. The van der Waals surface area contributed by atoms with Crippen LogP contribution in [0.15, 0.2) is 18.6 Å². The van der Waals surface area contributed by atoms with E-state index in [0.29, 0.717) is 23.7 Å². The molecule has 36 heavy (non-hydrogen) atoms. The molecular weight excluding hydrogens is 468 g/mol. The summed E-state index contributed by atoms with van der Waals surface area (Å²) < 4.78 is 1.87. The Morgan fingerprint density at radius 1 is 1.22 bits per heavy atom. The number of hydrogen-bond acceptors (Lipinski definition) is 5. The summed E-state index contributed by atoms with van der Waals surface area (Å²) in [5.74, 6) is 1.81. The summed E-state index contributed by atoms with van der Waals surface area (Å²) in [5.41, 5.74) is 7.17. The quantitative estimate of drug-likeness (QED) is 0.391. The second kappa shape index (κ2) is 8.99. The van der Waals surface area contributed by atoms with Gasteiger partial charge in [0.05, 0.1) is 11.7 Å². The molecule has 2 fully saturated rings. The molecule has 2 aliphatic heterocycles. The van der Waals surface area contributed by atoms with E-state index in [0.717, 1.165) is 55.7 Å². The Kier molecular flexibility index (Phi) is 5.91. The normalized spacial score (nSPS) is 21.4. The Balaban J connectivity index is 1.29. The summed E-state index contributed by atoms with van der Waals surface area (Å²) in [4.78, 5) is 26.0. The number of piperidine rings is 1. The number of amides is 1. The number of aryl methyl sites for hydroxylation is 2. The van der Waals surface area contributed by atoms with Gasteiger partial charge in [-0.05, 0) is 80.2 Å². The first-order valence-electron chi connectivity index (χ1n) is 13.3. The first kappa shape index (κ1) is 23.7. The van der Waals surface area contributed by atoms with Gasteiger partial charge in [0.1, 0.15) is 11.2 Å². The molecular formula is C28H36N6OS. The van der Waals surface area contributed by atoms with Crippen LogP contribution in [0, 0.1) is 19.8 Å². The van der Waals surface area contributed by atoms with E-state index < -0.39 is 0 Å². The molecule has 0 radical (unpaired) electrons. The van der Waals surface area contributed by atoms with Crippen LogP contribution in [-0.2, 0) is 4.79 Å². The second-order valence-electron chi connectivity index (χ2n) is 11.2. The van der Waals surface area contributed by atoms with Crippen molar-refractivity contribution >= 4 is 33.1 Å². The molecule has 4 aromatic rings. The number of carbonyl (C=O) groups excluding carboxylic acids is 1. The minimum Gasteiger partial charge on any atom is -0.346 e. The fourth-order valence-electron chi connectivity index (χ4n) is 6.36. The number of carbonyl (C=O) groups is 1. The van der Waals surface area contributed by atoms with E-state index in [4.69, 9.17) is 0 Å². The molecule has 0 aromatic carbocycles. The van der Waals surface area contributed by atoms with Crippen molar-refractivity contribution in [3.63, 3.8) is 0 Å². The Labute approximate surface area is 216 Å². The Morgan fingerprint density at radius 3 is 2.69 bits per heavy atom. The first-order chi connectivity index (χ1) is 17.3. The molecule has 8 heteroatoms. The number of aromatic nitrogens is 4. The van der Waals surface area contributed by atoms with Crippen molar-refractivity contribution < 1.29 is 4.79 Å². The van der Waals surface area contributed by atoms with Crippen molar-refractivity contribution in [1.29, 1.82) is 0 Å². The van der Waals surface area contributed by atoms with Crippen LogP contribution >= 0.6 is 11.3 Å². The number of H-pyrrole nitrogens is 1. The monoisotopic (exact) mass is 504 g/mol. The minimum atomic E-state index is 0.0190. The SMILES string of the molecule is Cc1c(C2CCN(C(=O)[C@@H]3C[C@@H](C)CN3)CC2)sc2[nH]c(-c3cc(C)c4ncnn4c3)c(C(C)C)c12. The molecule has 7 nitrogen and oxygen atoms in total. The molecule has 6 rings (SSSR count). The highest BCUT2D eigenvalue weighted by Crippen LogP contribution is 2.46. The van der Waals surface area contributed by atoms with Gasteiger partial charge >= 0.3 is 0 Å². The van der Waals surface area contributed by atoms with Gasteiger partial charge in [-0.25, -0.2) is 9.50 Å². The smallest absolute Gasteiger partial charge is 0.239 e. The molecule has 2 saturated heterocycles. The molecule has 0 aliphatic carbocycles. The highest BCUT2D eigenvalue weighted by Gasteiger charge is 2.34. The zero-order valence-corrected chi connectivity index (χ0v) is 22.7. The molecule has 4 aromatic heterocycles. The maximum Gasteiger partial charge on any atom is 0.239 e. The minimum absolute atomic E-state index is 0.0190. The summed E-state index contributed by atoms with van der Waals surface area (Å²) in [7, 11) is 0. The second-order valence-corrected chi connectivity index (χ2v) is 12.3. The summed E-state index contributed by atoms with van der Waals surface area (Å²) in [6.07, 6.45) is 6.76. The van der Waals surface area contributed by atoms with E-state index >= 15 is 0 Å². The van der Waals surface area contributed by atoms with E-state index in [2.05, 4.69) is 72.2 Å². The number of likely N-dealkylation sites (tertiary alicyclic amines) is 1. The topological polar surface area (TPSA) is 78.3 Å². The standard InChI is InChI=1S/C28H36N6OS/c1-15(2)22-23-18(5)25(19-6-8-33(9-7-19)28(35)21-10-16(3)12-29-21)36-27(23)32-24(22)20-11-17(4)26-30-14-31-34(26)13-20/h11,13-16,19,21,29,32H,6-10,12H2,1-5H3/t16-,21+/m1/s1. The third-order valence-corrected chi connectivity index (χ3v) is 9.58. The van der Waals surface area contributed by atoms with Crippen molar-refractivity contribution in [1.82, 2.24) is 29.8 Å². The van der Waals surface area contributed by atoms with E-state index in [1.807, 2.05) is 15.9 Å². The van der Waals surface area contributed by atoms with Crippen molar-refractivity contribution in [2.45, 2.75) is 71.8 Å². The number of hydrogen-bond donors (Lipinski definition) is 2. The van der Waals surface area contributed by atoms with Crippen molar-refractivity contribution in [3.05, 3.63) is 40.2 Å². The van der Waals surface area contributed by atoms with Crippen LogP contribution < -0.4 is 5.32 Å². The highest BCUT2D eigenvalue weighted by molar-refractivity contribution is 7.19. The van der Waals surface area contributed by atoms with Crippen LogP contribution in [-0.4, -0.2) is 56.1 Å². The first-order valence-corrected chi connectivity index (χ1v) is 14.1. The Bertz CT molecular complexity index is 1440.